The van der Waals surface area contributed by atoms with E-state index in [1.165, 1.54) is 0 Å². The summed E-state index contributed by atoms with van der Waals surface area (Å²) in [6, 6.07) is 16.0. The molecule has 0 bridgehead atoms. The maximum atomic E-state index is 9.40. The number of halogens is 1. The number of hydrogen-bond acceptors (Lipinski definition) is 2. The number of aryl methyl sites for hydroxylation is 2. The first-order chi connectivity index (χ1) is 9.10. The summed E-state index contributed by atoms with van der Waals surface area (Å²) < 4.78 is 0.996. The van der Waals surface area contributed by atoms with E-state index in [2.05, 4.69) is 45.5 Å². The lowest BCUT2D eigenvalue weighted by Crippen LogP contribution is -2.10. The Bertz CT molecular complexity index is 629. The van der Waals surface area contributed by atoms with Crippen LogP contribution >= 0.6 is 15.9 Å². The predicted molar refractivity (Wildman–Crippen MR) is 82.0 cm³/mol. The Morgan fingerprint density at radius 3 is 2.63 bits per heavy atom. The molecule has 0 saturated heterocycles. The summed E-state index contributed by atoms with van der Waals surface area (Å²) in [7, 11) is 0. The van der Waals surface area contributed by atoms with Crippen LogP contribution in [0.5, 0.6) is 0 Å². The number of hydrogen-bond donors (Lipinski definition) is 1. The second-order valence-electron chi connectivity index (χ2n) is 4.58. The lowest BCUT2D eigenvalue weighted by Gasteiger charge is -2.16. The van der Waals surface area contributed by atoms with Gasteiger partial charge in [-0.3, -0.25) is 0 Å². The smallest absolute Gasteiger partial charge is 0.140 e. The van der Waals surface area contributed by atoms with E-state index in [-0.39, 0.29) is 6.04 Å². The molecule has 0 heterocycles. The molecular formula is C16H15BrN2. The van der Waals surface area contributed by atoms with Crippen LogP contribution in [-0.4, -0.2) is 0 Å². The van der Waals surface area contributed by atoms with Crippen molar-refractivity contribution in [3.8, 4) is 6.07 Å². The topological polar surface area (TPSA) is 35.8 Å². The minimum Gasteiger partial charge on any atom is -0.366 e. The molecule has 3 heteroatoms. The van der Waals surface area contributed by atoms with E-state index in [1.807, 2.05) is 38.1 Å². The molecule has 1 unspecified atom stereocenters. The third kappa shape index (κ3) is 3.36. The Morgan fingerprint density at radius 1 is 1.16 bits per heavy atom. The number of nitriles is 1. The van der Waals surface area contributed by atoms with Gasteiger partial charge in [-0.15, -0.1) is 0 Å². The van der Waals surface area contributed by atoms with Crippen molar-refractivity contribution in [2.75, 3.05) is 5.32 Å². The molecule has 0 saturated carbocycles. The van der Waals surface area contributed by atoms with Gasteiger partial charge >= 0.3 is 0 Å². The highest BCUT2D eigenvalue weighted by Crippen LogP contribution is 2.24. The lowest BCUT2D eigenvalue weighted by molar-refractivity contribution is 0.977. The minimum atomic E-state index is -0.339. The van der Waals surface area contributed by atoms with E-state index in [4.69, 9.17) is 0 Å². The average molecular weight is 315 g/mol. The highest BCUT2D eigenvalue weighted by Gasteiger charge is 2.13. The van der Waals surface area contributed by atoms with Crippen LogP contribution in [0.15, 0.2) is 46.9 Å². The van der Waals surface area contributed by atoms with E-state index in [9.17, 15) is 5.26 Å². The van der Waals surface area contributed by atoms with Gasteiger partial charge in [-0.1, -0.05) is 45.8 Å². The standard InChI is InChI=1S/C16H15BrN2/c1-11-6-7-12(2)15(8-11)16(10-18)19-14-5-3-4-13(17)9-14/h3-9,16,19H,1-2H3. The largest absolute Gasteiger partial charge is 0.366 e. The normalized spacial score (nSPS) is 11.7. The third-order valence-corrected chi connectivity index (χ3v) is 3.50. The minimum absolute atomic E-state index is 0.339. The second kappa shape index (κ2) is 5.90. The molecule has 0 aliphatic rings. The molecule has 1 N–H and O–H groups in total. The Morgan fingerprint density at radius 2 is 1.95 bits per heavy atom. The monoisotopic (exact) mass is 314 g/mol. The van der Waals surface area contributed by atoms with Crippen LogP contribution < -0.4 is 5.32 Å². The van der Waals surface area contributed by atoms with Gasteiger partial charge in [0.05, 0.1) is 6.07 Å². The van der Waals surface area contributed by atoms with Gasteiger partial charge in [0.1, 0.15) is 6.04 Å². The van der Waals surface area contributed by atoms with E-state index in [0.29, 0.717) is 0 Å². The van der Waals surface area contributed by atoms with E-state index in [1.54, 1.807) is 0 Å². The summed E-state index contributed by atoms with van der Waals surface area (Å²) in [6.45, 7) is 4.07. The summed E-state index contributed by atoms with van der Waals surface area (Å²) in [6.07, 6.45) is 0. The molecule has 0 spiro atoms. The third-order valence-electron chi connectivity index (χ3n) is 3.01. The molecule has 2 aromatic rings. The van der Waals surface area contributed by atoms with Gasteiger partial charge < -0.3 is 5.32 Å². The molecular weight excluding hydrogens is 300 g/mol. The quantitative estimate of drug-likeness (QED) is 0.888. The maximum Gasteiger partial charge on any atom is 0.140 e. The van der Waals surface area contributed by atoms with Crippen molar-refractivity contribution in [3.63, 3.8) is 0 Å². The number of rotatable bonds is 3. The molecule has 0 aromatic heterocycles. The van der Waals surface area contributed by atoms with Gasteiger partial charge in [-0.2, -0.15) is 5.26 Å². The summed E-state index contributed by atoms with van der Waals surface area (Å²) in [5.41, 5.74) is 4.25. The highest BCUT2D eigenvalue weighted by atomic mass is 79.9. The van der Waals surface area contributed by atoms with E-state index >= 15 is 0 Å². The first-order valence-corrected chi connectivity index (χ1v) is 6.88. The van der Waals surface area contributed by atoms with E-state index in [0.717, 1.165) is 26.9 Å². The first-order valence-electron chi connectivity index (χ1n) is 6.09. The molecule has 0 aliphatic carbocycles. The van der Waals surface area contributed by atoms with Gasteiger partial charge in [-0.05, 0) is 43.2 Å². The Kier molecular flexibility index (Phi) is 4.24. The van der Waals surface area contributed by atoms with E-state index < -0.39 is 0 Å². The SMILES string of the molecule is Cc1ccc(C)c(C(C#N)Nc2cccc(Br)c2)c1. The van der Waals surface area contributed by atoms with Crippen molar-refractivity contribution >= 4 is 21.6 Å². The summed E-state index contributed by atoms with van der Waals surface area (Å²) in [5.74, 6) is 0. The number of nitrogens with one attached hydrogen (secondary N) is 1. The van der Waals surface area contributed by atoms with Crippen molar-refractivity contribution in [1.82, 2.24) is 0 Å². The van der Waals surface area contributed by atoms with Crippen molar-refractivity contribution in [3.05, 3.63) is 63.6 Å². The highest BCUT2D eigenvalue weighted by molar-refractivity contribution is 9.10. The molecule has 96 valence electrons. The van der Waals surface area contributed by atoms with Crippen LogP contribution in [0.2, 0.25) is 0 Å². The Balaban J connectivity index is 2.31. The number of nitrogens with zero attached hydrogens (tertiary/aromatic N) is 1. The van der Waals surface area contributed by atoms with Crippen LogP contribution in [0, 0.1) is 25.2 Å². The van der Waals surface area contributed by atoms with Gasteiger partial charge in [0.2, 0.25) is 0 Å². The molecule has 2 nitrogen and oxygen atoms in total. The second-order valence-corrected chi connectivity index (χ2v) is 5.49. The fourth-order valence-corrected chi connectivity index (χ4v) is 2.39. The molecule has 0 aliphatic heterocycles. The zero-order chi connectivity index (χ0) is 13.8. The average Bonchev–Trinajstić information content (AvgIpc) is 2.39. The fourth-order valence-electron chi connectivity index (χ4n) is 2.00. The van der Waals surface area contributed by atoms with Crippen molar-refractivity contribution in [2.24, 2.45) is 0 Å². The van der Waals surface area contributed by atoms with Crippen LogP contribution in [0.25, 0.3) is 0 Å². The Hall–Kier alpha value is -1.79. The van der Waals surface area contributed by atoms with Crippen molar-refractivity contribution < 1.29 is 0 Å². The van der Waals surface area contributed by atoms with Gasteiger partial charge in [0.25, 0.3) is 0 Å². The Labute approximate surface area is 122 Å². The lowest BCUT2D eigenvalue weighted by atomic mass is 9.99. The van der Waals surface area contributed by atoms with Crippen LogP contribution in [0.3, 0.4) is 0 Å². The molecule has 0 fully saturated rings. The van der Waals surface area contributed by atoms with Crippen LogP contribution in [-0.2, 0) is 0 Å². The predicted octanol–water partition coefficient (Wildman–Crippen LogP) is 4.74. The number of anilines is 1. The van der Waals surface area contributed by atoms with Gasteiger partial charge in [0.15, 0.2) is 0 Å². The molecule has 19 heavy (non-hydrogen) atoms. The van der Waals surface area contributed by atoms with Crippen LogP contribution in [0.4, 0.5) is 5.69 Å². The van der Waals surface area contributed by atoms with Gasteiger partial charge in [-0.25, -0.2) is 0 Å². The molecule has 0 radical (unpaired) electrons. The maximum absolute atomic E-state index is 9.40. The van der Waals surface area contributed by atoms with Crippen molar-refractivity contribution in [2.45, 2.75) is 19.9 Å². The zero-order valence-corrected chi connectivity index (χ0v) is 12.5. The first kappa shape index (κ1) is 13.6. The fraction of sp³-hybridized carbons (Fsp3) is 0.188. The molecule has 1 atom stereocenters. The van der Waals surface area contributed by atoms with Gasteiger partial charge in [0, 0.05) is 10.2 Å². The van der Waals surface area contributed by atoms with Crippen LogP contribution in [0.1, 0.15) is 22.7 Å². The zero-order valence-electron chi connectivity index (χ0n) is 10.9. The molecule has 2 rings (SSSR count). The molecule has 0 amide bonds. The summed E-state index contributed by atoms with van der Waals surface area (Å²) in [4.78, 5) is 0. The summed E-state index contributed by atoms with van der Waals surface area (Å²) in [5, 5.41) is 12.7. The van der Waals surface area contributed by atoms with Crippen molar-refractivity contribution in [1.29, 1.82) is 5.26 Å². The number of benzene rings is 2. The summed E-state index contributed by atoms with van der Waals surface area (Å²) >= 11 is 3.43. The molecule has 2 aromatic carbocycles.